The van der Waals surface area contributed by atoms with Gasteiger partial charge >= 0.3 is 15.4 Å². The summed E-state index contributed by atoms with van der Waals surface area (Å²) < 4.78 is 92.4. The number of phosphoric ester groups is 1. The number of rotatable bonds is 2. The molecule has 45 heavy (non-hydrogen) atoms. The van der Waals surface area contributed by atoms with E-state index in [2.05, 4.69) is 29.9 Å². The molecule has 0 saturated carbocycles. The van der Waals surface area contributed by atoms with Crippen molar-refractivity contribution in [2.75, 3.05) is 31.0 Å². The quantitative estimate of drug-likeness (QED) is 0.209. The molecule has 4 aromatic heterocycles. The summed E-state index contributed by atoms with van der Waals surface area (Å²) in [7, 11) is -9.81. The highest BCUT2D eigenvalue weighted by molar-refractivity contribution is 7.52. The summed E-state index contributed by atoms with van der Waals surface area (Å²) in [6, 6.07) is 0. The summed E-state index contributed by atoms with van der Waals surface area (Å²) in [6.07, 6.45) is -10.2. The Morgan fingerprint density at radius 1 is 0.778 bits per heavy atom. The number of halogens is 2. The van der Waals surface area contributed by atoms with Gasteiger partial charge < -0.3 is 40.0 Å². The van der Waals surface area contributed by atoms with E-state index in [1.54, 1.807) is 0 Å². The van der Waals surface area contributed by atoms with Crippen molar-refractivity contribution >= 4 is 49.4 Å². The second-order valence-electron chi connectivity index (χ2n) is 10.2. The number of phosphoric acid groups is 1. The Morgan fingerprint density at radius 3 is 2.00 bits per heavy atom. The summed E-state index contributed by atoms with van der Waals surface area (Å²) in [5.41, 5.74) is 12.1. The molecule has 24 heteroatoms. The average Bonchev–Trinajstić information content (AvgIpc) is 3.75. The van der Waals surface area contributed by atoms with Gasteiger partial charge in [-0.3, -0.25) is 22.7 Å². The zero-order valence-corrected chi connectivity index (χ0v) is 24.4. The number of alkyl halides is 2. The maximum atomic E-state index is 15.9. The van der Waals surface area contributed by atoms with Crippen molar-refractivity contribution in [3.8, 4) is 0 Å². The van der Waals surface area contributed by atoms with Crippen molar-refractivity contribution in [3.63, 3.8) is 0 Å². The minimum Gasteiger partial charge on any atom is -0.382 e. The minimum absolute atomic E-state index is 0.00290. The molecule has 0 amide bonds. The number of fused-ring (bicyclic) bond motifs is 5. The highest BCUT2D eigenvalue weighted by Crippen LogP contribution is 2.52. The van der Waals surface area contributed by atoms with Gasteiger partial charge in [0.05, 0.1) is 25.9 Å². The second kappa shape index (κ2) is 11.2. The van der Waals surface area contributed by atoms with E-state index in [0.29, 0.717) is 0 Å². The highest BCUT2D eigenvalue weighted by atomic mass is 31.2. The van der Waals surface area contributed by atoms with Gasteiger partial charge in [-0.15, -0.1) is 0 Å². The number of nitrogens with zero attached hydrogens (tertiary/aromatic N) is 8. The Kier molecular flexibility index (Phi) is 7.55. The smallest absolute Gasteiger partial charge is 0.382 e. The van der Waals surface area contributed by atoms with E-state index in [1.807, 2.05) is 0 Å². The Balaban J connectivity index is 1.19. The molecule has 7 heterocycles. The number of nitrogens with two attached hydrogens (primary N) is 2. The van der Waals surface area contributed by atoms with E-state index < -0.39 is 84.2 Å². The van der Waals surface area contributed by atoms with Gasteiger partial charge in [0.1, 0.15) is 54.5 Å². The third kappa shape index (κ3) is 5.46. The van der Waals surface area contributed by atoms with Crippen LogP contribution in [0.15, 0.2) is 25.3 Å². The van der Waals surface area contributed by atoms with Crippen LogP contribution >= 0.6 is 15.4 Å². The van der Waals surface area contributed by atoms with Crippen LogP contribution in [0.4, 0.5) is 20.4 Å². The molecule has 3 saturated heterocycles. The van der Waals surface area contributed by atoms with E-state index in [1.165, 1.54) is 21.8 Å². The topological polar surface area (TPSA) is 269 Å². The fourth-order valence-corrected chi connectivity index (χ4v) is 7.03. The molecule has 0 spiro atoms. The van der Waals surface area contributed by atoms with Crippen LogP contribution in [0.5, 0.6) is 0 Å². The average molecular weight is 676 g/mol. The molecule has 20 nitrogen and oxygen atoms in total. The monoisotopic (exact) mass is 676 g/mol. The molecule has 2 bridgehead atoms. The standard InChI is InChI=1S/C21H24F2N10O10P2/c22-10-8-1-39-44(34,35)7-38-14-9(42-20(11(14)23)32-5-30-12-16(24)26-3-28-18(12)32)2-40-45(36,37)43-15(10)21(41-8)33-6-31-13-17(25)27-4-29-19(13)33/h3-6,8-11,14-15,20-21H,1-2,7H2,(H,34,35)(H,36,37)(H2,24,26,28)(H2,25,27,29)/t8-,9-,10+,11?,14+,15?,20-,21-/m1/s1. The first-order chi connectivity index (χ1) is 21.4. The van der Waals surface area contributed by atoms with Crippen molar-refractivity contribution in [3.05, 3.63) is 25.3 Å². The minimum atomic E-state index is -5.15. The Hall–Kier alpha value is -3.30. The van der Waals surface area contributed by atoms with Gasteiger partial charge in [0, 0.05) is 0 Å². The number of ether oxygens (including phenoxy) is 3. The molecule has 3 aliphatic heterocycles. The Labute approximate surface area is 249 Å². The number of aromatic nitrogens is 8. The summed E-state index contributed by atoms with van der Waals surface area (Å²) in [5, 5.41) is 0. The first kappa shape index (κ1) is 30.4. The van der Waals surface area contributed by atoms with Gasteiger partial charge in [0.25, 0.3) is 0 Å². The van der Waals surface area contributed by atoms with Crippen LogP contribution in [-0.2, 0) is 36.9 Å². The number of anilines is 2. The second-order valence-corrected chi connectivity index (χ2v) is 13.4. The van der Waals surface area contributed by atoms with E-state index in [0.717, 1.165) is 12.7 Å². The lowest BCUT2D eigenvalue weighted by atomic mass is 10.1. The number of nitrogen functional groups attached to an aromatic ring is 2. The summed E-state index contributed by atoms with van der Waals surface area (Å²) in [4.78, 5) is 45.0. The first-order valence-electron chi connectivity index (χ1n) is 13.1. The molecular weight excluding hydrogens is 652 g/mol. The molecule has 0 radical (unpaired) electrons. The van der Waals surface area contributed by atoms with Crippen LogP contribution in [0.3, 0.4) is 0 Å². The largest absolute Gasteiger partial charge is 0.472 e. The Bertz CT molecular complexity index is 1850. The molecule has 0 aliphatic carbocycles. The summed E-state index contributed by atoms with van der Waals surface area (Å²) in [5.74, 6) is 0.0151. The maximum absolute atomic E-state index is 15.9. The van der Waals surface area contributed by atoms with Crippen LogP contribution in [0.1, 0.15) is 12.5 Å². The number of hydrogen-bond donors (Lipinski definition) is 4. The fourth-order valence-electron chi connectivity index (χ4n) is 5.29. The summed E-state index contributed by atoms with van der Waals surface area (Å²) in [6.45, 7) is -1.67. The van der Waals surface area contributed by atoms with Crippen LogP contribution in [0.25, 0.3) is 22.3 Å². The lowest BCUT2D eigenvalue weighted by Gasteiger charge is -2.25. The predicted molar refractivity (Wildman–Crippen MR) is 143 cm³/mol. The molecule has 0 aromatic carbocycles. The van der Waals surface area contributed by atoms with Crippen LogP contribution in [0.2, 0.25) is 0 Å². The SMILES string of the molecule is Nc1ncnc2c1ncn2[C@@H]1O[C@@H]2COP(=O)(O)CO[C@@H]3C(F)[C@H](n4cnc5c(N)ncnc54)O[C@@H]3COP(=O)(O)OC1[C@H]2F. The molecule has 4 unspecified atom stereocenters. The van der Waals surface area contributed by atoms with E-state index >= 15 is 8.78 Å². The van der Waals surface area contributed by atoms with Crippen molar-refractivity contribution in [2.45, 2.75) is 49.2 Å². The fraction of sp³-hybridized carbons (Fsp3) is 0.524. The van der Waals surface area contributed by atoms with Crippen LogP contribution < -0.4 is 11.5 Å². The molecule has 10 atom stereocenters. The zero-order chi connectivity index (χ0) is 31.7. The van der Waals surface area contributed by atoms with Gasteiger partial charge in [-0.1, -0.05) is 0 Å². The van der Waals surface area contributed by atoms with Gasteiger partial charge in [0.15, 0.2) is 47.7 Å². The normalized spacial score (nSPS) is 38.0. The summed E-state index contributed by atoms with van der Waals surface area (Å²) >= 11 is 0. The number of hydrogen-bond acceptors (Lipinski definition) is 16. The van der Waals surface area contributed by atoms with E-state index in [9.17, 15) is 18.9 Å². The Morgan fingerprint density at radius 2 is 1.36 bits per heavy atom. The van der Waals surface area contributed by atoms with Gasteiger partial charge in [0.2, 0.25) is 0 Å². The molecule has 3 fully saturated rings. The predicted octanol–water partition coefficient (Wildman–Crippen LogP) is 0.362. The molecule has 3 aliphatic rings. The lowest BCUT2D eigenvalue weighted by Crippen LogP contribution is -2.36. The van der Waals surface area contributed by atoms with Crippen molar-refractivity contribution < 1.29 is 55.5 Å². The molecule has 7 rings (SSSR count). The van der Waals surface area contributed by atoms with Crippen molar-refractivity contribution in [1.82, 2.24) is 39.0 Å². The van der Waals surface area contributed by atoms with E-state index in [-0.39, 0.29) is 34.0 Å². The molecule has 6 N–H and O–H groups in total. The third-order valence-electron chi connectivity index (χ3n) is 7.38. The number of imidazole rings is 2. The van der Waals surface area contributed by atoms with Crippen molar-refractivity contribution in [2.24, 2.45) is 0 Å². The third-order valence-corrected chi connectivity index (χ3v) is 9.39. The van der Waals surface area contributed by atoms with Crippen LogP contribution in [0, 0.1) is 0 Å². The highest BCUT2D eigenvalue weighted by Gasteiger charge is 2.53. The molecule has 242 valence electrons. The first-order valence-corrected chi connectivity index (χ1v) is 16.4. The van der Waals surface area contributed by atoms with Gasteiger partial charge in [-0.25, -0.2) is 43.2 Å². The zero-order valence-electron chi connectivity index (χ0n) is 22.6. The van der Waals surface area contributed by atoms with Gasteiger partial charge in [-0.05, 0) is 0 Å². The molecule has 4 aromatic rings. The van der Waals surface area contributed by atoms with Crippen LogP contribution in [-0.4, -0.2) is 105 Å². The van der Waals surface area contributed by atoms with Crippen molar-refractivity contribution in [1.29, 1.82) is 0 Å². The molecular formula is C21H24F2N10O10P2. The van der Waals surface area contributed by atoms with E-state index in [4.69, 9.17) is 39.2 Å². The van der Waals surface area contributed by atoms with Gasteiger partial charge in [-0.2, -0.15) is 0 Å². The lowest BCUT2D eigenvalue weighted by molar-refractivity contribution is -0.0620. The maximum Gasteiger partial charge on any atom is 0.472 e.